The first-order valence-electron chi connectivity index (χ1n) is 3.82. The summed E-state index contributed by atoms with van der Waals surface area (Å²) in [6.45, 7) is 0. The van der Waals surface area contributed by atoms with Gasteiger partial charge in [0, 0.05) is 39.5 Å². The smallest absolute Gasteiger partial charge is 0.0493 e. The molecule has 0 spiro atoms. The number of para-hydroxylation sites is 1. The van der Waals surface area contributed by atoms with Crippen molar-refractivity contribution in [1.82, 2.24) is 9.78 Å². The number of rotatable bonds is 1. The molecule has 0 aliphatic rings. The van der Waals surface area contributed by atoms with E-state index in [4.69, 9.17) is 5.26 Å². The molecule has 1 aromatic heterocycles. The summed E-state index contributed by atoms with van der Waals surface area (Å²) in [6, 6.07) is 12.2. The molecule has 0 aliphatic carbocycles. The average molecular weight is 363 g/mol. The average Bonchev–Trinajstić information content (AvgIpc) is 2.70. The maximum atomic E-state index is 8.81. The molecule has 2 aromatic rings. The second kappa shape index (κ2) is 4.74. The van der Waals surface area contributed by atoms with Gasteiger partial charge >= 0.3 is 0 Å². The van der Waals surface area contributed by atoms with E-state index >= 15 is 0 Å². The van der Waals surface area contributed by atoms with Crippen molar-refractivity contribution in [2.24, 2.45) is 0 Å². The molecule has 0 atom stereocenters. The van der Waals surface area contributed by atoms with Crippen molar-refractivity contribution in [2.75, 3.05) is 0 Å². The Bertz CT molecular complexity index is 443. The van der Waals surface area contributed by atoms with E-state index in [0.717, 1.165) is 0 Å². The van der Waals surface area contributed by atoms with Gasteiger partial charge in [0.1, 0.15) is 0 Å². The minimum Gasteiger partial charge on any atom is -0.264 e. The molecule has 0 aliphatic heterocycles. The van der Waals surface area contributed by atoms with Crippen LogP contribution >= 0.6 is 0 Å². The van der Waals surface area contributed by atoms with Gasteiger partial charge in [-0.15, -0.1) is 0 Å². The molecule has 0 radical (unpaired) electrons. The Kier molecular flexibility index (Phi) is 3.62. The van der Waals surface area contributed by atoms with Crippen LogP contribution in [-0.2, 0) is 21.1 Å². The second-order valence-electron chi connectivity index (χ2n) is 2.49. The Balaban J connectivity index is 0.000000980. The van der Waals surface area contributed by atoms with Gasteiger partial charge in [0.25, 0.3) is 0 Å². The van der Waals surface area contributed by atoms with E-state index in [9.17, 15) is 0 Å². The SMILES string of the molecule is N#Cc1ccc[c-]c1-n1cccn1.[Pt]. The third-order valence-electron chi connectivity index (χ3n) is 1.69. The van der Waals surface area contributed by atoms with E-state index in [-0.39, 0.29) is 21.1 Å². The molecule has 0 N–H and O–H groups in total. The van der Waals surface area contributed by atoms with Crippen molar-refractivity contribution in [3.63, 3.8) is 0 Å². The van der Waals surface area contributed by atoms with Crippen molar-refractivity contribution in [2.45, 2.75) is 0 Å². The molecule has 3 nitrogen and oxygen atoms in total. The quantitative estimate of drug-likeness (QED) is 0.722. The zero-order chi connectivity index (χ0) is 9.10. The van der Waals surface area contributed by atoms with Gasteiger partial charge in [0.05, 0.1) is 0 Å². The van der Waals surface area contributed by atoms with Crippen LogP contribution in [0.1, 0.15) is 5.56 Å². The monoisotopic (exact) mass is 363 g/mol. The summed E-state index contributed by atoms with van der Waals surface area (Å²) in [5, 5.41) is 12.8. The zero-order valence-electron chi connectivity index (χ0n) is 7.12. The molecule has 0 unspecified atom stereocenters. The van der Waals surface area contributed by atoms with Gasteiger partial charge in [-0.05, 0) is 17.3 Å². The maximum absolute atomic E-state index is 8.81. The first-order chi connectivity index (χ1) is 6.42. The third kappa shape index (κ3) is 1.92. The summed E-state index contributed by atoms with van der Waals surface area (Å²) in [7, 11) is 0. The normalized spacial score (nSPS) is 8.79. The maximum Gasteiger partial charge on any atom is 0.0493 e. The van der Waals surface area contributed by atoms with Crippen LogP contribution in [0.15, 0.2) is 36.7 Å². The molecule has 0 amide bonds. The van der Waals surface area contributed by atoms with E-state index in [1.54, 1.807) is 35.3 Å². The minimum atomic E-state index is 0. The Morgan fingerprint density at radius 1 is 1.43 bits per heavy atom. The molecule has 72 valence electrons. The van der Waals surface area contributed by atoms with Gasteiger partial charge in [-0.3, -0.25) is 4.68 Å². The number of nitrogens with zero attached hydrogens (tertiary/aromatic N) is 3. The summed E-state index contributed by atoms with van der Waals surface area (Å²) in [5.74, 6) is 0. The summed E-state index contributed by atoms with van der Waals surface area (Å²) < 4.78 is 1.62. The van der Waals surface area contributed by atoms with Gasteiger partial charge in [-0.2, -0.15) is 29.4 Å². The Morgan fingerprint density at radius 2 is 2.29 bits per heavy atom. The summed E-state index contributed by atoms with van der Waals surface area (Å²) in [5.41, 5.74) is 1.27. The van der Waals surface area contributed by atoms with E-state index < -0.39 is 0 Å². The molecule has 0 saturated heterocycles. The van der Waals surface area contributed by atoms with Gasteiger partial charge in [0.2, 0.25) is 0 Å². The van der Waals surface area contributed by atoms with Crippen LogP contribution < -0.4 is 0 Å². The summed E-state index contributed by atoms with van der Waals surface area (Å²) in [4.78, 5) is 0. The van der Waals surface area contributed by atoms with Crippen LogP contribution in [0.3, 0.4) is 0 Å². The predicted molar refractivity (Wildman–Crippen MR) is 47.1 cm³/mol. The van der Waals surface area contributed by atoms with E-state index in [0.29, 0.717) is 11.3 Å². The van der Waals surface area contributed by atoms with Crippen LogP contribution in [0.25, 0.3) is 5.69 Å². The Hall–Kier alpha value is -1.39. The molecule has 1 aromatic carbocycles. The zero-order valence-corrected chi connectivity index (χ0v) is 9.39. The van der Waals surface area contributed by atoms with Crippen LogP contribution in [0.2, 0.25) is 0 Å². The van der Waals surface area contributed by atoms with Crippen LogP contribution in [0, 0.1) is 17.4 Å². The van der Waals surface area contributed by atoms with Gasteiger partial charge in [-0.1, -0.05) is 0 Å². The topological polar surface area (TPSA) is 41.6 Å². The van der Waals surface area contributed by atoms with Crippen molar-refractivity contribution in [1.29, 1.82) is 5.26 Å². The first-order valence-corrected chi connectivity index (χ1v) is 3.82. The number of hydrogen-bond donors (Lipinski definition) is 0. The van der Waals surface area contributed by atoms with Crippen molar-refractivity contribution in [3.8, 4) is 11.8 Å². The Labute approximate surface area is 96.2 Å². The second-order valence-corrected chi connectivity index (χ2v) is 2.49. The molecular formula is C10H6N3Pt-. The number of nitriles is 1. The molecule has 0 fully saturated rings. The van der Waals surface area contributed by atoms with Crippen LogP contribution in [0.5, 0.6) is 0 Å². The van der Waals surface area contributed by atoms with E-state index in [2.05, 4.69) is 17.2 Å². The van der Waals surface area contributed by atoms with E-state index in [1.165, 1.54) is 0 Å². The molecule has 0 bridgehead atoms. The molecule has 14 heavy (non-hydrogen) atoms. The van der Waals surface area contributed by atoms with Crippen LogP contribution in [-0.4, -0.2) is 9.78 Å². The Morgan fingerprint density at radius 3 is 2.93 bits per heavy atom. The fraction of sp³-hybridized carbons (Fsp3) is 0. The molecule has 1 heterocycles. The summed E-state index contributed by atoms with van der Waals surface area (Å²) in [6.07, 6.45) is 3.45. The molecule has 2 rings (SSSR count). The van der Waals surface area contributed by atoms with Crippen molar-refractivity contribution in [3.05, 3.63) is 48.3 Å². The van der Waals surface area contributed by atoms with Gasteiger partial charge in [0.15, 0.2) is 0 Å². The fourth-order valence-electron chi connectivity index (χ4n) is 1.11. The minimum absolute atomic E-state index is 0. The molecular weight excluding hydrogens is 357 g/mol. The number of benzene rings is 1. The molecule has 0 saturated carbocycles. The number of aromatic nitrogens is 2. The van der Waals surface area contributed by atoms with Crippen molar-refractivity contribution < 1.29 is 21.1 Å². The van der Waals surface area contributed by atoms with E-state index in [1.807, 2.05) is 6.07 Å². The van der Waals surface area contributed by atoms with Crippen LogP contribution in [0.4, 0.5) is 0 Å². The van der Waals surface area contributed by atoms with Gasteiger partial charge < -0.3 is 0 Å². The first kappa shape index (κ1) is 10.7. The predicted octanol–water partition coefficient (Wildman–Crippen LogP) is 1.54. The summed E-state index contributed by atoms with van der Waals surface area (Å²) >= 11 is 0. The largest absolute Gasteiger partial charge is 0.264 e. The van der Waals surface area contributed by atoms with Gasteiger partial charge in [-0.25, -0.2) is 5.26 Å². The standard InChI is InChI=1S/C10H6N3.Pt/c11-8-9-4-1-2-5-10(9)13-7-3-6-12-13;/h1-4,6-7H;/q-1;. The third-order valence-corrected chi connectivity index (χ3v) is 1.69. The van der Waals surface area contributed by atoms with Crippen molar-refractivity contribution >= 4 is 0 Å². The fourth-order valence-corrected chi connectivity index (χ4v) is 1.11. The number of hydrogen-bond acceptors (Lipinski definition) is 2. The molecule has 4 heteroatoms.